The Morgan fingerprint density at radius 3 is 2.38 bits per heavy atom. The third-order valence-electron chi connectivity index (χ3n) is 7.25. The van der Waals surface area contributed by atoms with Gasteiger partial charge in [-0.3, -0.25) is 0 Å². The number of benzene rings is 2. The third-order valence-corrected chi connectivity index (χ3v) is 7.25. The minimum Gasteiger partial charge on any atom is -0.393 e. The number of unbranched alkanes of at least 4 members (excludes halogenated alkanes) is 3. The van der Waals surface area contributed by atoms with Gasteiger partial charge in [0.1, 0.15) is 0 Å². The number of allylic oxidation sites excluding steroid dienone is 3. The zero-order valence-electron chi connectivity index (χ0n) is 17.7. The number of fused-ring (bicyclic) bond motifs is 1. The first-order chi connectivity index (χ1) is 14.2. The average Bonchev–Trinajstić information content (AvgIpc) is 3.27. The van der Waals surface area contributed by atoms with E-state index in [2.05, 4.69) is 74.2 Å². The Balaban J connectivity index is 1.80. The Morgan fingerprint density at radius 1 is 1.00 bits per heavy atom. The van der Waals surface area contributed by atoms with Crippen molar-refractivity contribution in [2.45, 2.75) is 64.4 Å². The molecule has 1 saturated carbocycles. The molecule has 1 nitrogen and oxygen atoms in total. The lowest BCUT2D eigenvalue weighted by Crippen LogP contribution is -2.29. The molecule has 2 aliphatic carbocycles. The molecule has 2 aromatic rings. The number of hydrogen-bond donors (Lipinski definition) is 1. The highest BCUT2D eigenvalue weighted by molar-refractivity contribution is 5.90. The van der Waals surface area contributed by atoms with E-state index < -0.39 is 0 Å². The van der Waals surface area contributed by atoms with Crippen LogP contribution in [0.15, 0.2) is 72.8 Å². The molecule has 1 unspecified atom stereocenters. The molecule has 0 saturated heterocycles. The second kappa shape index (κ2) is 8.71. The fraction of sp³-hybridized carbons (Fsp3) is 0.429. The highest BCUT2D eigenvalue weighted by Gasteiger charge is 2.56. The van der Waals surface area contributed by atoms with Crippen LogP contribution >= 0.6 is 0 Å². The summed E-state index contributed by atoms with van der Waals surface area (Å²) >= 11 is 0. The first kappa shape index (κ1) is 20.2. The zero-order valence-corrected chi connectivity index (χ0v) is 17.7. The van der Waals surface area contributed by atoms with Gasteiger partial charge in [0.25, 0.3) is 0 Å². The summed E-state index contributed by atoms with van der Waals surface area (Å²) < 4.78 is 0. The van der Waals surface area contributed by atoms with Crippen LogP contribution in [0.5, 0.6) is 0 Å². The predicted molar refractivity (Wildman–Crippen MR) is 123 cm³/mol. The van der Waals surface area contributed by atoms with Gasteiger partial charge in [-0.25, -0.2) is 0 Å². The molecule has 1 fully saturated rings. The van der Waals surface area contributed by atoms with Gasteiger partial charge in [0.2, 0.25) is 0 Å². The van der Waals surface area contributed by atoms with Gasteiger partial charge in [-0.1, -0.05) is 99.0 Å². The van der Waals surface area contributed by atoms with E-state index in [0.29, 0.717) is 0 Å². The van der Waals surface area contributed by atoms with Gasteiger partial charge >= 0.3 is 0 Å². The lowest BCUT2D eigenvalue weighted by Gasteiger charge is -2.37. The molecular weight excluding hydrogens is 352 g/mol. The standard InChI is InChI=1S/C28H34O/c1-3-4-5-8-17-24-20-25-26(29)18-19-28(25,21(2)22-13-9-6-10-14-22)27(24)23-15-11-7-12-16-23/h6-7,9-16,25-26,29H,2-5,8,17-20H2,1H3/t25?,26-,28+/m1/s1. The Morgan fingerprint density at radius 2 is 1.69 bits per heavy atom. The van der Waals surface area contributed by atoms with Crippen LogP contribution in [-0.2, 0) is 0 Å². The van der Waals surface area contributed by atoms with Crippen molar-refractivity contribution >= 4 is 11.1 Å². The van der Waals surface area contributed by atoms with Gasteiger partial charge in [0.05, 0.1) is 6.10 Å². The molecule has 2 aliphatic rings. The summed E-state index contributed by atoms with van der Waals surface area (Å²) in [7, 11) is 0. The van der Waals surface area contributed by atoms with Crippen LogP contribution in [0.3, 0.4) is 0 Å². The summed E-state index contributed by atoms with van der Waals surface area (Å²) in [6.45, 7) is 6.92. The summed E-state index contributed by atoms with van der Waals surface area (Å²) in [6, 6.07) is 21.5. The van der Waals surface area contributed by atoms with Crippen LogP contribution < -0.4 is 0 Å². The van der Waals surface area contributed by atoms with Gasteiger partial charge in [-0.05, 0) is 54.4 Å². The minimum absolute atomic E-state index is 0.137. The maximum atomic E-state index is 11.0. The second-order valence-corrected chi connectivity index (χ2v) is 8.89. The molecule has 0 bridgehead atoms. The van der Waals surface area contributed by atoms with Crippen molar-refractivity contribution in [3.63, 3.8) is 0 Å². The van der Waals surface area contributed by atoms with Crippen LogP contribution in [0.2, 0.25) is 0 Å². The predicted octanol–water partition coefficient (Wildman–Crippen LogP) is 7.29. The van der Waals surface area contributed by atoms with Crippen LogP contribution in [-0.4, -0.2) is 11.2 Å². The molecule has 152 valence electrons. The van der Waals surface area contributed by atoms with Crippen LogP contribution in [0.25, 0.3) is 11.1 Å². The van der Waals surface area contributed by atoms with E-state index in [0.717, 1.165) is 25.7 Å². The number of aliphatic hydroxyl groups excluding tert-OH is 1. The highest BCUT2D eigenvalue weighted by atomic mass is 16.3. The van der Waals surface area contributed by atoms with E-state index in [1.807, 2.05) is 0 Å². The lowest BCUT2D eigenvalue weighted by molar-refractivity contribution is 0.120. The Hall–Kier alpha value is -2.12. The van der Waals surface area contributed by atoms with E-state index in [1.54, 1.807) is 5.57 Å². The van der Waals surface area contributed by atoms with E-state index in [9.17, 15) is 5.11 Å². The van der Waals surface area contributed by atoms with Gasteiger partial charge in [-0.2, -0.15) is 0 Å². The highest BCUT2D eigenvalue weighted by Crippen LogP contribution is 2.66. The maximum Gasteiger partial charge on any atom is 0.0583 e. The maximum absolute atomic E-state index is 11.0. The topological polar surface area (TPSA) is 20.2 Å². The summed E-state index contributed by atoms with van der Waals surface area (Å²) in [4.78, 5) is 0. The zero-order chi connectivity index (χ0) is 20.3. The fourth-order valence-electron chi connectivity index (χ4n) is 5.88. The first-order valence-electron chi connectivity index (χ1n) is 11.4. The average molecular weight is 387 g/mol. The molecule has 1 N–H and O–H groups in total. The van der Waals surface area contributed by atoms with E-state index in [-0.39, 0.29) is 17.4 Å². The van der Waals surface area contributed by atoms with Crippen molar-refractivity contribution in [2.75, 3.05) is 0 Å². The Labute approximate surface area is 176 Å². The van der Waals surface area contributed by atoms with E-state index in [4.69, 9.17) is 0 Å². The van der Waals surface area contributed by atoms with E-state index >= 15 is 0 Å². The molecule has 0 heterocycles. The summed E-state index contributed by atoms with van der Waals surface area (Å²) in [5, 5.41) is 11.0. The number of hydrogen-bond acceptors (Lipinski definition) is 1. The second-order valence-electron chi connectivity index (χ2n) is 8.89. The molecule has 2 aromatic carbocycles. The minimum atomic E-state index is -0.234. The van der Waals surface area contributed by atoms with Crippen LogP contribution in [0.4, 0.5) is 0 Å². The van der Waals surface area contributed by atoms with Crippen LogP contribution in [0.1, 0.15) is 69.4 Å². The molecule has 4 rings (SSSR count). The molecule has 0 aliphatic heterocycles. The van der Waals surface area contributed by atoms with Crippen molar-refractivity contribution in [3.05, 3.63) is 83.9 Å². The Bertz CT molecular complexity index is 864. The quantitative estimate of drug-likeness (QED) is 0.472. The summed E-state index contributed by atoms with van der Waals surface area (Å²) in [5.41, 5.74) is 6.64. The van der Waals surface area contributed by atoms with Crippen molar-refractivity contribution in [1.82, 2.24) is 0 Å². The van der Waals surface area contributed by atoms with Gasteiger partial charge in [0, 0.05) is 11.3 Å². The molecule has 1 heteroatoms. The molecule has 0 amide bonds. The van der Waals surface area contributed by atoms with E-state index in [1.165, 1.54) is 48.0 Å². The smallest absolute Gasteiger partial charge is 0.0583 e. The molecule has 3 atom stereocenters. The summed E-state index contributed by atoms with van der Waals surface area (Å²) in [5.74, 6) is 0.256. The van der Waals surface area contributed by atoms with Gasteiger partial charge < -0.3 is 5.11 Å². The van der Waals surface area contributed by atoms with Crippen molar-refractivity contribution in [1.29, 1.82) is 0 Å². The van der Waals surface area contributed by atoms with Crippen molar-refractivity contribution in [2.24, 2.45) is 11.3 Å². The normalized spacial score (nSPS) is 26.0. The van der Waals surface area contributed by atoms with Crippen molar-refractivity contribution < 1.29 is 5.11 Å². The SMILES string of the molecule is C=C(c1ccccc1)[C@@]12CC[C@@H](O)C1CC(CCCCCC)=C2c1ccccc1. The van der Waals surface area contributed by atoms with Crippen LogP contribution in [0, 0.1) is 11.3 Å². The molecule has 0 aromatic heterocycles. The summed E-state index contributed by atoms with van der Waals surface area (Å²) in [6.07, 6.45) is 8.91. The first-order valence-corrected chi connectivity index (χ1v) is 11.4. The number of aliphatic hydroxyl groups is 1. The number of rotatable bonds is 8. The monoisotopic (exact) mass is 386 g/mol. The molecular formula is C28H34O. The lowest BCUT2D eigenvalue weighted by atomic mass is 9.66. The van der Waals surface area contributed by atoms with Gasteiger partial charge in [-0.15, -0.1) is 0 Å². The third kappa shape index (κ3) is 3.62. The molecule has 29 heavy (non-hydrogen) atoms. The Kier molecular flexibility index (Phi) is 6.06. The largest absolute Gasteiger partial charge is 0.393 e. The molecule has 0 radical (unpaired) electrons. The van der Waals surface area contributed by atoms with Gasteiger partial charge in [0.15, 0.2) is 0 Å². The molecule has 0 spiro atoms. The van der Waals surface area contributed by atoms with Crippen molar-refractivity contribution in [3.8, 4) is 0 Å². The fourth-order valence-corrected chi connectivity index (χ4v) is 5.88.